The van der Waals surface area contributed by atoms with Crippen molar-refractivity contribution in [3.8, 4) is 0 Å². The van der Waals surface area contributed by atoms with Crippen LogP contribution in [0.5, 0.6) is 0 Å². The summed E-state index contributed by atoms with van der Waals surface area (Å²) in [5.74, 6) is -0.818. The third kappa shape index (κ3) is 39.8. The standard InChI is InChI=1S/C40H79N4O8P/c1-5-6-7-8-9-10-11-13-16-19-22-25-28-31-39(45)49-36-38(37-51-53(47,48)50-35-34-44(2,3)4)52-40(46)32-29-26-23-20-17-14-12-15-18-21-24-27-30-33-42-43-41/h38H,5-37H2,1-4H3/p+1. The minimum atomic E-state index is -4.38. The number of likely N-dealkylation sites (N-methyl/N-ethyl adjacent to an activating group) is 1. The van der Waals surface area contributed by atoms with E-state index >= 15 is 0 Å². The molecule has 0 heterocycles. The first-order valence-electron chi connectivity index (χ1n) is 21.3. The number of hydrogen-bond donors (Lipinski definition) is 1. The number of quaternary nitrogens is 1. The Morgan fingerprint density at radius 3 is 1.49 bits per heavy atom. The summed E-state index contributed by atoms with van der Waals surface area (Å²) in [7, 11) is 1.45. The highest BCUT2D eigenvalue weighted by Crippen LogP contribution is 2.43. The number of nitrogens with zero attached hydrogens (tertiary/aromatic N) is 4. The van der Waals surface area contributed by atoms with E-state index in [-0.39, 0.29) is 32.0 Å². The second-order valence-electron chi connectivity index (χ2n) is 15.7. The van der Waals surface area contributed by atoms with Gasteiger partial charge in [0.05, 0.1) is 27.7 Å². The molecule has 0 aliphatic rings. The van der Waals surface area contributed by atoms with E-state index in [2.05, 4.69) is 16.9 Å². The van der Waals surface area contributed by atoms with E-state index in [1.54, 1.807) is 0 Å². The molecular weight excluding hydrogens is 695 g/mol. The lowest BCUT2D eigenvalue weighted by atomic mass is 10.0. The van der Waals surface area contributed by atoms with E-state index in [1.165, 1.54) is 109 Å². The summed E-state index contributed by atoms with van der Waals surface area (Å²) in [4.78, 5) is 38.1. The molecule has 0 saturated heterocycles. The van der Waals surface area contributed by atoms with Gasteiger partial charge in [0.2, 0.25) is 0 Å². The normalized spacial score (nSPS) is 13.3. The summed E-state index contributed by atoms with van der Waals surface area (Å²) in [6.07, 6.45) is 29.9. The molecule has 53 heavy (non-hydrogen) atoms. The molecule has 0 saturated carbocycles. The molecule has 0 rings (SSSR count). The molecule has 0 aliphatic carbocycles. The second kappa shape index (κ2) is 36.0. The highest BCUT2D eigenvalue weighted by Gasteiger charge is 2.27. The number of carbonyl (C=O) groups excluding carboxylic acids is 2. The maximum atomic E-state index is 12.7. The molecule has 0 aromatic heterocycles. The molecular formula is C40H80N4O8P+. The van der Waals surface area contributed by atoms with Crippen molar-refractivity contribution < 1.29 is 42.1 Å². The average Bonchev–Trinajstić information content (AvgIpc) is 3.10. The van der Waals surface area contributed by atoms with Crippen LogP contribution in [0.15, 0.2) is 5.11 Å². The lowest BCUT2D eigenvalue weighted by Gasteiger charge is -2.24. The van der Waals surface area contributed by atoms with Crippen LogP contribution in [0, 0.1) is 0 Å². The molecule has 12 nitrogen and oxygen atoms in total. The summed E-state index contributed by atoms with van der Waals surface area (Å²) < 4.78 is 34.2. The lowest BCUT2D eigenvalue weighted by Crippen LogP contribution is -2.37. The Morgan fingerprint density at radius 2 is 1.06 bits per heavy atom. The third-order valence-corrected chi connectivity index (χ3v) is 10.3. The highest BCUT2D eigenvalue weighted by atomic mass is 31.2. The molecule has 0 spiro atoms. The second-order valence-corrected chi connectivity index (χ2v) is 17.2. The SMILES string of the molecule is CCCCCCCCCCCCCCCC(=O)OCC(COP(=O)(O)OCC[N+](C)(C)C)OC(=O)CCCCCCCCCCCCCCCN=[N+]=[N-]. The van der Waals surface area contributed by atoms with Gasteiger partial charge in [-0.1, -0.05) is 160 Å². The van der Waals surface area contributed by atoms with Gasteiger partial charge in [0, 0.05) is 24.3 Å². The first kappa shape index (κ1) is 51.3. The lowest BCUT2D eigenvalue weighted by molar-refractivity contribution is -0.870. The summed E-state index contributed by atoms with van der Waals surface area (Å²) >= 11 is 0. The van der Waals surface area contributed by atoms with Crippen molar-refractivity contribution in [2.75, 3.05) is 54.1 Å². The van der Waals surface area contributed by atoms with Gasteiger partial charge in [-0.3, -0.25) is 18.6 Å². The fourth-order valence-corrected chi connectivity index (χ4v) is 6.73. The fourth-order valence-electron chi connectivity index (χ4n) is 5.99. The zero-order valence-corrected chi connectivity index (χ0v) is 35.3. The Hall–Kier alpha value is -1.68. The maximum absolute atomic E-state index is 12.7. The highest BCUT2D eigenvalue weighted by molar-refractivity contribution is 7.47. The van der Waals surface area contributed by atoms with Crippen molar-refractivity contribution >= 4 is 19.8 Å². The quantitative estimate of drug-likeness (QED) is 0.0122. The van der Waals surface area contributed by atoms with Gasteiger partial charge in [-0.2, -0.15) is 0 Å². The van der Waals surface area contributed by atoms with Crippen molar-refractivity contribution in [2.24, 2.45) is 5.11 Å². The largest absolute Gasteiger partial charge is 0.472 e. The molecule has 0 aromatic rings. The monoisotopic (exact) mass is 776 g/mol. The summed E-state index contributed by atoms with van der Waals surface area (Å²) in [5, 5.41) is 3.57. The van der Waals surface area contributed by atoms with Crippen LogP contribution in [0.1, 0.15) is 187 Å². The van der Waals surface area contributed by atoms with E-state index in [9.17, 15) is 19.0 Å². The van der Waals surface area contributed by atoms with Crippen LogP contribution in [0.3, 0.4) is 0 Å². The van der Waals surface area contributed by atoms with E-state index < -0.39 is 26.5 Å². The van der Waals surface area contributed by atoms with Gasteiger partial charge in [0.15, 0.2) is 6.10 Å². The number of phosphoric ester groups is 1. The van der Waals surface area contributed by atoms with Crippen molar-refractivity contribution in [1.82, 2.24) is 0 Å². The molecule has 2 unspecified atom stereocenters. The molecule has 13 heteroatoms. The first-order chi connectivity index (χ1) is 25.5. The molecule has 1 N–H and O–H groups in total. The molecule has 312 valence electrons. The van der Waals surface area contributed by atoms with Gasteiger partial charge in [-0.25, -0.2) is 4.57 Å². The van der Waals surface area contributed by atoms with E-state index in [4.69, 9.17) is 24.1 Å². The number of azide groups is 1. The van der Waals surface area contributed by atoms with E-state index in [0.29, 0.717) is 24.0 Å². The Bertz CT molecular complexity index is 975. The van der Waals surface area contributed by atoms with E-state index in [0.717, 1.165) is 51.4 Å². The Kier molecular flexibility index (Phi) is 34.8. The van der Waals surface area contributed by atoms with Gasteiger partial charge < -0.3 is 18.9 Å². The Balaban J connectivity index is 4.32. The Labute approximate surface area is 323 Å². The van der Waals surface area contributed by atoms with Crippen molar-refractivity contribution in [1.29, 1.82) is 0 Å². The van der Waals surface area contributed by atoms with Crippen LogP contribution < -0.4 is 0 Å². The number of carbonyl (C=O) groups is 2. The first-order valence-corrected chi connectivity index (χ1v) is 22.8. The van der Waals surface area contributed by atoms with Crippen molar-refractivity contribution in [3.05, 3.63) is 10.4 Å². The van der Waals surface area contributed by atoms with Gasteiger partial charge in [-0.15, -0.1) is 0 Å². The third-order valence-electron chi connectivity index (χ3n) is 9.36. The molecule has 0 aliphatic heterocycles. The van der Waals surface area contributed by atoms with Gasteiger partial charge in [0.1, 0.15) is 19.8 Å². The Morgan fingerprint density at radius 1 is 0.642 bits per heavy atom. The predicted octanol–water partition coefficient (Wildman–Crippen LogP) is 11.5. The van der Waals surface area contributed by atoms with Crippen LogP contribution in [0.25, 0.3) is 10.4 Å². The molecule has 0 radical (unpaired) electrons. The average molecular weight is 776 g/mol. The fraction of sp³-hybridized carbons (Fsp3) is 0.950. The predicted molar refractivity (Wildman–Crippen MR) is 214 cm³/mol. The van der Waals surface area contributed by atoms with Gasteiger partial charge >= 0.3 is 19.8 Å². The maximum Gasteiger partial charge on any atom is 0.472 e. The number of esters is 2. The van der Waals surface area contributed by atoms with Crippen LogP contribution in [-0.2, 0) is 32.7 Å². The topological polar surface area (TPSA) is 157 Å². The van der Waals surface area contributed by atoms with Crippen molar-refractivity contribution in [3.63, 3.8) is 0 Å². The summed E-state index contributed by atoms with van der Waals surface area (Å²) in [5.41, 5.74) is 8.29. The number of phosphoric acid groups is 1. The summed E-state index contributed by atoms with van der Waals surface area (Å²) in [6, 6.07) is 0. The smallest absolute Gasteiger partial charge is 0.462 e. The number of hydrogen-bond acceptors (Lipinski definition) is 8. The number of unbranched alkanes of at least 4 members (excludes halogenated alkanes) is 24. The summed E-state index contributed by atoms with van der Waals surface area (Å²) in [6.45, 7) is 2.74. The minimum absolute atomic E-state index is 0.0259. The van der Waals surface area contributed by atoms with Crippen LogP contribution in [0.4, 0.5) is 0 Å². The number of rotatable bonds is 40. The molecule has 0 amide bonds. The molecule has 0 fully saturated rings. The van der Waals surface area contributed by atoms with Crippen molar-refractivity contribution in [2.45, 2.75) is 193 Å². The van der Waals surface area contributed by atoms with Gasteiger partial charge in [0.25, 0.3) is 0 Å². The van der Waals surface area contributed by atoms with E-state index in [1.807, 2.05) is 21.1 Å². The molecule has 0 bridgehead atoms. The molecule has 2 atom stereocenters. The van der Waals surface area contributed by atoms with Gasteiger partial charge in [-0.05, 0) is 24.8 Å². The number of ether oxygens (including phenoxy) is 2. The van der Waals surface area contributed by atoms with Crippen LogP contribution in [-0.4, -0.2) is 81.5 Å². The van der Waals surface area contributed by atoms with Crippen LogP contribution >= 0.6 is 7.82 Å². The zero-order valence-electron chi connectivity index (χ0n) is 34.5. The zero-order chi connectivity index (χ0) is 39.3. The van der Waals surface area contributed by atoms with Crippen LogP contribution in [0.2, 0.25) is 0 Å². The molecule has 0 aromatic carbocycles. The minimum Gasteiger partial charge on any atom is -0.462 e.